The van der Waals surface area contributed by atoms with Crippen molar-refractivity contribution in [2.45, 2.75) is 39.2 Å². The van der Waals surface area contributed by atoms with Crippen molar-refractivity contribution in [3.05, 3.63) is 16.1 Å². The molecule has 96 valence electrons. The molecule has 0 bridgehead atoms. The van der Waals surface area contributed by atoms with Gasteiger partial charge in [-0.25, -0.2) is 4.98 Å². The first kappa shape index (κ1) is 13.0. The lowest BCUT2D eigenvalue weighted by Gasteiger charge is -2.22. The van der Waals surface area contributed by atoms with Crippen LogP contribution in [0.2, 0.25) is 0 Å². The number of rotatable bonds is 6. The van der Waals surface area contributed by atoms with E-state index in [0.29, 0.717) is 0 Å². The highest BCUT2D eigenvalue weighted by molar-refractivity contribution is 7.09. The van der Waals surface area contributed by atoms with Crippen LogP contribution in [-0.2, 0) is 6.54 Å². The summed E-state index contributed by atoms with van der Waals surface area (Å²) in [6.07, 6.45) is 5.43. The van der Waals surface area contributed by atoms with Gasteiger partial charge >= 0.3 is 0 Å². The number of aryl methyl sites for hydroxylation is 1. The minimum absolute atomic E-state index is 0.961. The molecule has 0 aliphatic carbocycles. The topological polar surface area (TPSA) is 37.0 Å². The lowest BCUT2D eigenvalue weighted by molar-refractivity contribution is 0.344. The standard InChI is InChI=1S/C13H23N3S/c1-11-13(17-10-16-11)9-15-6-2-3-12-4-7-14-8-5-12/h10,12,14-15H,2-9H2,1H3. The van der Waals surface area contributed by atoms with Gasteiger partial charge in [0.05, 0.1) is 11.2 Å². The second kappa shape index (κ2) is 7.09. The molecular weight excluding hydrogens is 230 g/mol. The summed E-state index contributed by atoms with van der Waals surface area (Å²) in [5, 5.41) is 6.94. The first-order chi connectivity index (χ1) is 8.36. The van der Waals surface area contributed by atoms with Crippen molar-refractivity contribution in [3.63, 3.8) is 0 Å². The molecule has 0 spiro atoms. The van der Waals surface area contributed by atoms with E-state index in [1.165, 1.54) is 49.3 Å². The van der Waals surface area contributed by atoms with Crippen LogP contribution in [0.25, 0.3) is 0 Å². The van der Waals surface area contributed by atoms with Crippen LogP contribution >= 0.6 is 11.3 Å². The number of piperidine rings is 1. The molecule has 2 rings (SSSR count). The van der Waals surface area contributed by atoms with E-state index in [0.717, 1.165) is 19.0 Å². The van der Waals surface area contributed by atoms with Crippen molar-refractivity contribution in [2.75, 3.05) is 19.6 Å². The molecule has 0 atom stereocenters. The van der Waals surface area contributed by atoms with Crippen molar-refractivity contribution in [1.29, 1.82) is 0 Å². The van der Waals surface area contributed by atoms with Gasteiger partial charge in [0, 0.05) is 11.4 Å². The monoisotopic (exact) mass is 253 g/mol. The van der Waals surface area contributed by atoms with Crippen molar-refractivity contribution < 1.29 is 0 Å². The summed E-state index contributed by atoms with van der Waals surface area (Å²) in [5.41, 5.74) is 3.11. The molecule has 0 radical (unpaired) electrons. The summed E-state index contributed by atoms with van der Waals surface area (Å²) in [6.45, 7) is 6.66. The highest BCUT2D eigenvalue weighted by Crippen LogP contribution is 2.17. The largest absolute Gasteiger partial charge is 0.317 e. The van der Waals surface area contributed by atoms with Crippen molar-refractivity contribution in [1.82, 2.24) is 15.6 Å². The number of thiazole rings is 1. The fraction of sp³-hybridized carbons (Fsp3) is 0.769. The molecule has 0 aromatic carbocycles. The average molecular weight is 253 g/mol. The summed E-state index contributed by atoms with van der Waals surface area (Å²) >= 11 is 1.75. The van der Waals surface area contributed by atoms with Gasteiger partial charge in [0.25, 0.3) is 0 Å². The minimum atomic E-state index is 0.961. The van der Waals surface area contributed by atoms with E-state index in [1.54, 1.807) is 11.3 Å². The fourth-order valence-electron chi connectivity index (χ4n) is 2.38. The zero-order valence-corrected chi connectivity index (χ0v) is 11.5. The van der Waals surface area contributed by atoms with Gasteiger partial charge in [0.1, 0.15) is 0 Å². The van der Waals surface area contributed by atoms with Gasteiger partial charge < -0.3 is 10.6 Å². The van der Waals surface area contributed by atoms with Crippen LogP contribution in [0, 0.1) is 12.8 Å². The molecule has 1 saturated heterocycles. The third kappa shape index (κ3) is 4.37. The molecule has 17 heavy (non-hydrogen) atoms. The molecule has 0 amide bonds. The van der Waals surface area contributed by atoms with Crippen LogP contribution in [0.15, 0.2) is 5.51 Å². The van der Waals surface area contributed by atoms with Gasteiger partial charge in [0.15, 0.2) is 0 Å². The molecule has 1 aromatic rings. The molecule has 2 N–H and O–H groups in total. The first-order valence-corrected chi connectivity index (χ1v) is 7.54. The Bertz CT molecular complexity index is 318. The maximum atomic E-state index is 4.26. The van der Waals surface area contributed by atoms with Gasteiger partial charge in [0.2, 0.25) is 0 Å². The molecule has 1 fully saturated rings. The van der Waals surface area contributed by atoms with Crippen LogP contribution in [0.3, 0.4) is 0 Å². The van der Waals surface area contributed by atoms with E-state index >= 15 is 0 Å². The van der Waals surface area contributed by atoms with Crippen LogP contribution in [0.1, 0.15) is 36.3 Å². The van der Waals surface area contributed by atoms with Gasteiger partial charge in [-0.1, -0.05) is 0 Å². The maximum absolute atomic E-state index is 4.26. The van der Waals surface area contributed by atoms with Crippen molar-refractivity contribution >= 4 is 11.3 Å². The smallest absolute Gasteiger partial charge is 0.0798 e. The van der Waals surface area contributed by atoms with Gasteiger partial charge in [-0.3, -0.25) is 0 Å². The quantitative estimate of drug-likeness (QED) is 0.764. The Morgan fingerprint density at radius 3 is 3.00 bits per heavy atom. The van der Waals surface area contributed by atoms with Crippen LogP contribution < -0.4 is 10.6 Å². The van der Waals surface area contributed by atoms with Gasteiger partial charge in [-0.05, 0) is 58.2 Å². The van der Waals surface area contributed by atoms with E-state index in [1.807, 2.05) is 5.51 Å². The SMILES string of the molecule is Cc1ncsc1CNCCCC1CCNCC1. The Morgan fingerprint density at radius 1 is 1.47 bits per heavy atom. The Kier molecular flexibility index (Phi) is 5.42. The van der Waals surface area contributed by atoms with E-state index in [2.05, 4.69) is 22.5 Å². The van der Waals surface area contributed by atoms with Gasteiger partial charge in [-0.2, -0.15) is 0 Å². The molecule has 1 aliphatic rings. The first-order valence-electron chi connectivity index (χ1n) is 6.66. The fourth-order valence-corrected chi connectivity index (χ4v) is 3.13. The van der Waals surface area contributed by atoms with Crippen molar-refractivity contribution in [2.24, 2.45) is 5.92 Å². The summed E-state index contributed by atoms with van der Waals surface area (Å²) in [7, 11) is 0. The number of nitrogens with one attached hydrogen (secondary N) is 2. The lowest BCUT2D eigenvalue weighted by Crippen LogP contribution is -2.28. The molecule has 4 heteroatoms. The molecule has 0 unspecified atom stereocenters. The molecule has 2 heterocycles. The summed E-state index contributed by atoms with van der Waals surface area (Å²) in [5.74, 6) is 0.961. The molecule has 0 saturated carbocycles. The van der Waals surface area contributed by atoms with Crippen LogP contribution in [-0.4, -0.2) is 24.6 Å². The van der Waals surface area contributed by atoms with Gasteiger partial charge in [-0.15, -0.1) is 11.3 Å². The molecule has 1 aromatic heterocycles. The minimum Gasteiger partial charge on any atom is -0.317 e. The third-order valence-corrected chi connectivity index (χ3v) is 4.49. The normalized spacial score (nSPS) is 17.5. The Labute approximate surface area is 108 Å². The zero-order chi connectivity index (χ0) is 11.9. The summed E-state index contributed by atoms with van der Waals surface area (Å²) in [6, 6.07) is 0. The van der Waals surface area contributed by atoms with Crippen molar-refractivity contribution in [3.8, 4) is 0 Å². The summed E-state index contributed by atoms with van der Waals surface area (Å²) < 4.78 is 0. The van der Waals surface area contributed by atoms with E-state index in [9.17, 15) is 0 Å². The molecule has 1 aliphatic heterocycles. The van der Waals surface area contributed by atoms with E-state index in [4.69, 9.17) is 0 Å². The number of hydrogen-bond acceptors (Lipinski definition) is 4. The van der Waals surface area contributed by atoms with E-state index < -0.39 is 0 Å². The predicted octanol–water partition coefficient (Wildman–Crippen LogP) is 2.32. The van der Waals surface area contributed by atoms with Crippen LogP contribution in [0.5, 0.6) is 0 Å². The second-order valence-electron chi connectivity index (χ2n) is 4.87. The third-order valence-electron chi connectivity index (χ3n) is 3.56. The number of hydrogen-bond donors (Lipinski definition) is 2. The lowest BCUT2D eigenvalue weighted by atomic mass is 9.93. The predicted molar refractivity (Wildman–Crippen MR) is 73.4 cm³/mol. The highest BCUT2D eigenvalue weighted by atomic mass is 32.1. The molecule has 3 nitrogen and oxygen atoms in total. The number of nitrogens with zero attached hydrogens (tertiary/aromatic N) is 1. The summed E-state index contributed by atoms with van der Waals surface area (Å²) in [4.78, 5) is 5.64. The number of aromatic nitrogens is 1. The Hall–Kier alpha value is -0.450. The second-order valence-corrected chi connectivity index (χ2v) is 5.81. The maximum Gasteiger partial charge on any atom is 0.0798 e. The zero-order valence-electron chi connectivity index (χ0n) is 10.7. The van der Waals surface area contributed by atoms with E-state index in [-0.39, 0.29) is 0 Å². The average Bonchev–Trinajstić information content (AvgIpc) is 2.76. The Morgan fingerprint density at radius 2 is 2.29 bits per heavy atom. The highest BCUT2D eigenvalue weighted by Gasteiger charge is 2.11. The molecular formula is C13H23N3S. The van der Waals surface area contributed by atoms with Crippen LogP contribution in [0.4, 0.5) is 0 Å². The Balaban J connectivity index is 1.53.